The molecular formula is C11H15NO2S. The lowest BCUT2D eigenvalue weighted by Gasteiger charge is -2.11. The second-order valence-electron chi connectivity index (χ2n) is 3.14. The van der Waals surface area contributed by atoms with Gasteiger partial charge in [0.05, 0.1) is 0 Å². The topological polar surface area (TPSA) is 63.3 Å². The molecule has 1 rings (SSSR count). The minimum absolute atomic E-state index is 0.474. The first-order valence-corrected chi connectivity index (χ1v) is 5.90. The Morgan fingerprint density at radius 2 is 2.07 bits per heavy atom. The molecule has 0 fully saturated rings. The maximum Gasteiger partial charge on any atom is 0.321 e. The molecule has 15 heavy (non-hydrogen) atoms. The van der Waals surface area contributed by atoms with Crippen LogP contribution in [0.2, 0.25) is 0 Å². The average molecular weight is 225 g/mol. The van der Waals surface area contributed by atoms with Gasteiger partial charge in [0.1, 0.15) is 5.25 Å². The smallest absolute Gasteiger partial charge is 0.321 e. The molecule has 0 bridgehead atoms. The van der Waals surface area contributed by atoms with E-state index in [0.29, 0.717) is 6.54 Å². The van der Waals surface area contributed by atoms with Gasteiger partial charge in [-0.1, -0.05) is 30.3 Å². The fraction of sp³-hybridized carbons (Fsp3) is 0.364. The summed E-state index contributed by atoms with van der Waals surface area (Å²) in [6, 6.07) is 9.28. The minimum Gasteiger partial charge on any atom is -0.480 e. The Bertz CT molecular complexity index is 303. The normalized spacial score (nSPS) is 12.3. The van der Waals surface area contributed by atoms with Crippen LogP contribution in [0.4, 0.5) is 0 Å². The van der Waals surface area contributed by atoms with Gasteiger partial charge in [0.15, 0.2) is 0 Å². The van der Waals surface area contributed by atoms with Crippen LogP contribution >= 0.6 is 11.8 Å². The van der Waals surface area contributed by atoms with Gasteiger partial charge in [-0.3, -0.25) is 4.79 Å². The highest BCUT2D eigenvalue weighted by molar-refractivity contribution is 8.00. The van der Waals surface area contributed by atoms with Crippen molar-refractivity contribution in [2.24, 2.45) is 5.73 Å². The molecule has 1 unspecified atom stereocenters. The summed E-state index contributed by atoms with van der Waals surface area (Å²) in [5.74, 6) is -0.00856. The molecule has 0 aliphatic carbocycles. The Morgan fingerprint density at radius 3 is 2.60 bits per heavy atom. The average Bonchev–Trinajstić information content (AvgIpc) is 2.25. The summed E-state index contributed by atoms with van der Waals surface area (Å²) >= 11 is 1.43. The highest BCUT2D eigenvalue weighted by Crippen LogP contribution is 2.29. The van der Waals surface area contributed by atoms with Crippen molar-refractivity contribution in [2.75, 3.05) is 12.3 Å². The zero-order valence-corrected chi connectivity index (χ0v) is 9.24. The Morgan fingerprint density at radius 1 is 1.40 bits per heavy atom. The maximum absolute atomic E-state index is 11.0. The molecule has 0 radical (unpaired) electrons. The Balaban J connectivity index is 2.62. The van der Waals surface area contributed by atoms with E-state index in [4.69, 9.17) is 10.8 Å². The number of hydrogen-bond acceptors (Lipinski definition) is 3. The van der Waals surface area contributed by atoms with Crippen molar-refractivity contribution in [3.8, 4) is 0 Å². The third-order valence-corrected chi connectivity index (χ3v) is 3.29. The second kappa shape index (κ2) is 6.48. The van der Waals surface area contributed by atoms with Crippen LogP contribution in [-0.2, 0) is 4.79 Å². The van der Waals surface area contributed by atoms with Crippen molar-refractivity contribution >= 4 is 17.7 Å². The van der Waals surface area contributed by atoms with Gasteiger partial charge in [-0.2, -0.15) is 0 Å². The van der Waals surface area contributed by atoms with Crippen LogP contribution in [0.25, 0.3) is 0 Å². The van der Waals surface area contributed by atoms with Gasteiger partial charge >= 0.3 is 5.97 Å². The third kappa shape index (κ3) is 3.93. The first-order valence-electron chi connectivity index (χ1n) is 4.85. The van der Waals surface area contributed by atoms with E-state index in [1.165, 1.54) is 11.8 Å². The van der Waals surface area contributed by atoms with Gasteiger partial charge in [0.2, 0.25) is 0 Å². The monoisotopic (exact) mass is 225 g/mol. The predicted molar refractivity (Wildman–Crippen MR) is 62.9 cm³/mol. The van der Waals surface area contributed by atoms with Crippen LogP contribution in [0, 0.1) is 0 Å². The van der Waals surface area contributed by atoms with Crippen molar-refractivity contribution in [3.63, 3.8) is 0 Å². The largest absolute Gasteiger partial charge is 0.480 e. The quantitative estimate of drug-likeness (QED) is 0.726. The number of nitrogens with two attached hydrogens (primary N) is 1. The number of hydrogen-bond donors (Lipinski definition) is 2. The molecule has 82 valence electrons. The molecule has 0 heterocycles. The highest BCUT2D eigenvalue weighted by atomic mass is 32.2. The number of rotatable bonds is 6. The first kappa shape index (κ1) is 12.1. The molecule has 0 saturated carbocycles. The van der Waals surface area contributed by atoms with Crippen LogP contribution in [0.15, 0.2) is 30.3 Å². The Hall–Kier alpha value is -1.00. The van der Waals surface area contributed by atoms with E-state index in [-0.39, 0.29) is 0 Å². The summed E-state index contributed by atoms with van der Waals surface area (Å²) in [5, 5.41) is 8.60. The Kier molecular flexibility index (Phi) is 5.21. The fourth-order valence-corrected chi connectivity index (χ4v) is 2.28. The van der Waals surface area contributed by atoms with Gasteiger partial charge < -0.3 is 10.8 Å². The van der Waals surface area contributed by atoms with Crippen LogP contribution in [0.3, 0.4) is 0 Å². The maximum atomic E-state index is 11.0. The van der Waals surface area contributed by atoms with E-state index in [1.54, 1.807) is 0 Å². The van der Waals surface area contributed by atoms with Crippen molar-refractivity contribution in [3.05, 3.63) is 35.9 Å². The molecule has 0 aliphatic rings. The summed E-state index contributed by atoms with van der Waals surface area (Å²) in [6.07, 6.45) is 0.848. The summed E-state index contributed by atoms with van der Waals surface area (Å²) in [5.41, 5.74) is 6.21. The lowest BCUT2D eigenvalue weighted by atomic mass is 10.1. The predicted octanol–water partition coefficient (Wildman–Crippen LogP) is 1.89. The van der Waals surface area contributed by atoms with Crippen LogP contribution < -0.4 is 5.73 Å². The number of thioether (sulfide) groups is 1. The van der Waals surface area contributed by atoms with Gasteiger partial charge in [0, 0.05) is 0 Å². The second-order valence-corrected chi connectivity index (χ2v) is 4.35. The van der Waals surface area contributed by atoms with Crippen LogP contribution in [0.5, 0.6) is 0 Å². The van der Waals surface area contributed by atoms with Gasteiger partial charge in [0.25, 0.3) is 0 Å². The lowest BCUT2D eigenvalue weighted by molar-refractivity contribution is -0.136. The molecule has 0 aliphatic heterocycles. The molecule has 3 nitrogen and oxygen atoms in total. The molecule has 0 aromatic heterocycles. The van der Waals surface area contributed by atoms with Crippen LogP contribution in [0.1, 0.15) is 17.2 Å². The molecule has 1 aromatic carbocycles. The third-order valence-electron chi connectivity index (χ3n) is 1.96. The molecule has 0 amide bonds. The van der Waals surface area contributed by atoms with Crippen molar-refractivity contribution in [1.82, 2.24) is 0 Å². The molecule has 0 spiro atoms. The lowest BCUT2D eigenvalue weighted by Crippen LogP contribution is -2.09. The van der Waals surface area contributed by atoms with E-state index >= 15 is 0 Å². The molecule has 1 atom stereocenters. The minimum atomic E-state index is -0.789. The first-order chi connectivity index (χ1) is 7.25. The molecule has 0 saturated heterocycles. The van der Waals surface area contributed by atoms with Gasteiger partial charge in [-0.05, 0) is 24.3 Å². The van der Waals surface area contributed by atoms with Gasteiger partial charge in [-0.25, -0.2) is 0 Å². The standard InChI is InChI=1S/C11H15NO2S/c12-7-4-8-15-10(11(13)14)9-5-2-1-3-6-9/h1-3,5-6,10H,4,7-8,12H2,(H,13,14). The van der Waals surface area contributed by atoms with Gasteiger partial charge in [-0.15, -0.1) is 11.8 Å². The zero-order chi connectivity index (χ0) is 11.1. The summed E-state index contributed by atoms with van der Waals surface area (Å²) < 4.78 is 0. The summed E-state index contributed by atoms with van der Waals surface area (Å²) in [7, 11) is 0. The molecular weight excluding hydrogens is 210 g/mol. The van der Waals surface area contributed by atoms with E-state index in [0.717, 1.165) is 17.7 Å². The molecule has 1 aromatic rings. The van der Waals surface area contributed by atoms with E-state index < -0.39 is 11.2 Å². The number of carboxylic acids is 1. The number of carbonyl (C=O) groups is 1. The molecule has 4 heteroatoms. The van der Waals surface area contributed by atoms with Crippen LogP contribution in [-0.4, -0.2) is 23.4 Å². The van der Waals surface area contributed by atoms with E-state index in [1.807, 2.05) is 30.3 Å². The fourth-order valence-electron chi connectivity index (χ4n) is 1.22. The SMILES string of the molecule is NCCCSC(C(=O)O)c1ccccc1. The number of carboxylic acid groups (broad SMARTS) is 1. The Labute approximate surface area is 93.7 Å². The summed E-state index contributed by atoms with van der Waals surface area (Å²) in [4.78, 5) is 11.0. The van der Waals surface area contributed by atoms with E-state index in [2.05, 4.69) is 0 Å². The summed E-state index contributed by atoms with van der Waals surface area (Å²) in [6.45, 7) is 0.605. The van der Waals surface area contributed by atoms with E-state index in [9.17, 15) is 4.79 Å². The number of aliphatic carboxylic acids is 1. The highest BCUT2D eigenvalue weighted by Gasteiger charge is 2.19. The zero-order valence-electron chi connectivity index (χ0n) is 8.43. The molecule has 3 N–H and O–H groups in total. The van der Waals surface area contributed by atoms with Crippen molar-refractivity contribution in [2.45, 2.75) is 11.7 Å². The van der Waals surface area contributed by atoms with Crippen molar-refractivity contribution < 1.29 is 9.90 Å². The number of benzene rings is 1. The van der Waals surface area contributed by atoms with Crippen molar-refractivity contribution in [1.29, 1.82) is 0 Å².